The molecule has 0 saturated heterocycles. The van der Waals surface area contributed by atoms with E-state index in [1.165, 1.54) is 12.7 Å². The van der Waals surface area contributed by atoms with E-state index in [4.69, 9.17) is 14.2 Å². The van der Waals surface area contributed by atoms with Gasteiger partial charge in [0.05, 0.1) is 20.1 Å². The first-order valence-electron chi connectivity index (χ1n) is 11.4. The van der Waals surface area contributed by atoms with Gasteiger partial charge in [0.15, 0.2) is 0 Å². The minimum Gasteiger partial charge on any atom is -0.492 e. The summed E-state index contributed by atoms with van der Waals surface area (Å²) in [6.07, 6.45) is 0.310. The van der Waals surface area contributed by atoms with Crippen LogP contribution in [0.3, 0.4) is 0 Å². The third-order valence-electron chi connectivity index (χ3n) is 6.27. The number of hydrogen-bond acceptors (Lipinski definition) is 5. The van der Waals surface area contributed by atoms with Crippen molar-refractivity contribution in [2.24, 2.45) is 0 Å². The van der Waals surface area contributed by atoms with Crippen LogP contribution in [-0.4, -0.2) is 33.0 Å². The minimum absolute atomic E-state index is 0.0142. The molecule has 34 heavy (non-hydrogen) atoms. The van der Waals surface area contributed by atoms with E-state index in [9.17, 15) is 9.36 Å². The molecule has 1 unspecified atom stereocenters. The van der Waals surface area contributed by atoms with Crippen molar-refractivity contribution in [1.82, 2.24) is 0 Å². The Morgan fingerprint density at radius 3 is 2.47 bits per heavy atom. The largest absolute Gasteiger partial charge is 0.492 e. The summed E-state index contributed by atoms with van der Waals surface area (Å²) in [5.41, 5.74) is 6.60. The molecular formula is C28H31O5P. The van der Waals surface area contributed by atoms with E-state index >= 15 is 0 Å². The van der Waals surface area contributed by atoms with E-state index in [1.54, 1.807) is 0 Å². The normalized spacial score (nSPS) is 14.9. The van der Waals surface area contributed by atoms with Gasteiger partial charge in [0, 0.05) is 22.9 Å². The van der Waals surface area contributed by atoms with Crippen LogP contribution < -0.4 is 14.8 Å². The summed E-state index contributed by atoms with van der Waals surface area (Å²) < 4.78 is 29.2. The molecule has 3 aromatic carbocycles. The predicted octanol–water partition coefficient (Wildman–Crippen LogP) is 5.84. The van der Waals surface area contributed by atoms with Crippen LogP contribution in [0.25, 0.3) is 11.1 Å². The first kappa shape index (κ1) is 24.1. The standard InChI is InChI=1S/C28H31O5P/c1-18-11-24(34(4,5)30)12-19(2)28(18)21-8-6-7-20(13-21)16-32-23-9-10-25-22(14-27(29)31-3)17-33-26(25)15-23/h6-13,15,22H,14,16-17H2,1-5H3. The van der Waals surface area contributed by atoms with Gasteiger partial charge in [-0.1, -0.05) is 24.3 Å². The lowest BCUT2D eigenvalue weighted by atomic mass is 9.95. The molecule has 0 saturated carbocycles. The van der Waals surface area contributed by atoms with E-state index in [0.717, 1.165) is 44.6 Å². The Kier molecular flexibility index (Phi) is 6.86. The number of hydrogen-bond donors (Lipinski definition) is 0. The summed E-state index contributed by atoms with van der Waals surface area (Å²) in [5, 5.41) is 0.915. The second kappa shape index (κ2) is 9.68. The molecule has 0 radical (unpaired) electrons. The third kappa shape index (κ3) is 5.20. The molecule has 4 rings (SSSR count). The highest BCUT2D eigenvalue weighted by Crippen LogP contribution is 2.39. The monoisotopic (exact) mass is 478 g/mol. The Labute approximate surface area is 201 Å². The lowest BCUT2D eigenvalue weighted by Gasteiger charge is -2.16. The van der Waals surface area contributed by atoms with Gasteiger partial charge >= 0.3 is 5.97 Å². The number of carbonyl (C=O) groups is 1. The molecule has 0 bridgehead atoms. The number of fused-ring (bicyclic) bond motifs is 1. The van der Waals surface area contributed by atoms with Crippen LogP contribution in [0.1, 0.15) is 34.6 Å². The SMILES string of the molecule is COC(=O)CC1COc2cc(OCc3cccc(-c4c(C)cc(P(C)(C)=O)cc4C)c3)ccc21. The van der Waals surface area contributed by atoms with E-state index in [1.807, 2.05) is 55.8 Å². The van der Waals surface area contributed by atoms with E-state index in [0.29, 0.717) is 19.6 Å². The maximum Gasteiger partial charge on any atom is 0.306 e. The van der Waals surface area contributed by atoms with E-state index in [2.05, 4.69) is 26.0 Å². The Hall–Kier alpha value is -3.04. The minimum atomic E-state index is -2.31. The molecule has 0 aliphatic carbocycles. The molecule has 1 aliphatic heterocycles. The Bertz CT molecular complexity index is 1250. The van der Waals surface area contributed by atoms with Crippen LogP contribution in [0.4, 0.5) is 0 Å². The molecule has 0 amide bonds. The van der Waals surface area contributed by atoms with Crippen molar-refractivity contribution in [3.8, 4) is 22.6 Å². The van der Waals surface area contributed by atoms with Gasteiger partial charge < -0.3 is 18.8 Å². The smallest absolute Gasteiger partial charge is 0.306 e. The molecule has 0 N–H and O–H groups in total. The van der Waals surface area contributed by atoms with Crippen molar-refractivity contribution in [2.75, 3.05) is 27.0 Å². The highest BCUT2D eigenvalue weighted by atomic mass is 31.2. The molecule has 0 spiro atoms. The number of rotatable bonds is 7. The van der Waals surface area contributed by atoms with Gasteiger partial charge in [-0.3, -0.25) is 4.79 Å². The van der Waals surface area contributed by atoms with Crippen LogP contribution in [0, 0.1) is 13.8 Å². The average molecular weight is 479 g/mol. The second-order valence-corrected chi connectivity index (χ2v) is 12.5. The summed E-state index contributed by atoms with van der Waals surface area (Å²) in [4.78, 5) is 11.6. The van der Waals surface area contributed by atoms with Gasteiger partial charge in [0.1, 0.15) is 25.2 Å². The quantitative estimate of drug-likeness (QED) is 0.316. The van der Waals surface area contributed by atoms with E-state index in [-0.39, 0.29) is 11.9 Å². The molecule has 1 heterocycles. The summed E-state index contributed by atoms with van der Waals surface area (Å²) in [6, 6.07) is 18.2. The fourth-order valence-electron chi connectivity index (χ4n) is 4.49. The lowest BCUT2D eigenvalue weighted by Crippen LogP contribution is -2.09. The summed E-state index contributed by atoms with van der Waals surface area (Å²) >= 11 is 0. The lowest BCUT2D eigenvalue weighted by molar-refractivity contribution is -0.141. The molecule has 0 aromatic heterocycles. The number of aryl methyl sites for hydroxylation is 2. The molecule has 5 nitrogen and oxygen atoms in total. The van der Waals surface area contributed by atoms with Crippen molar-refractivity contribution in [1.29, 1.82) is 0 Å². The van der Waals surface area contributed by atoms with Crippen molar-refractivity contribution in [3.63, 3.8) is 0 Å². The zero-order valence-electron chi connectivity index (χ0n) is 20.4. The first-order valence-corrected chi connectivity index (χ1v) is 14.0. The van der Waals surface area contributed by atoms with Crippen LogP contribution in [0.15, 0.2) is 54.6 Å². The Morgan fingerprint density at radius 2 is 1.79 bits per heavy atom. The zero-order chi connectivity index (χ0) is 24.5. The van der Waals surface area contributed by atoms with Gasteiger partial charge in [-0.2, -0.15) is 0 Å². The summed E-state index contributed by atoms with van der Waals surface area (Å²) in [6.45, 7) is 8.65. The Morgan fingerprint density at radius 1 is 1.06 bits per heavy atom. The molecule has 1 atom stereocenters. The van der Waals surface area contributed by atoms with Crippen LogP contribution in [-0.2, 0) is 20.7 Å². The van der Waals surface area contributed by atoms with Crippen molar-refractivity contribution < 1.29 is 23.6 Å². The predicted molar refractivity (Wildman–Crippen MR) is 136 cm³/mol. The molecule has 6 heteroatoms. The average Bonchev–Trinajstić information content (AvgIpc) is 3.18. The fraction of sp³-hybridized carbons (Fsp3) is 0.321. The molecule has 0 fully saturated rings. The fourth-order valence-corrected chi connectivity index (χ4v) is 5.50. The van der Waals surface area contributed by atoms with Gasteiger partial charge in [0.25, 0.3) is 0 Å². The number of benzene rings is 3. The second-order valence-electron chi connectivity index (χ2n) is 9.28. The summed E-state index contributed by atoms with van der Waals surface area (Å²) in [5.74, 6) is 1.26. The highest BCUT2D eigenvalue weighted by Gasteiger charge is 2.27. The number of ether oxygens (including phenoxy) is 3. The highest BCUT2D eigenvalue weighted by molar-refractivity contribution is 7.70. The van der Waals surface area contributed by atoms with Gasteiger partial charge in [-0.05, 0) is 79.3 Å². The molecule has 1 aliphatic rings. The van der Waals surface area contributed by atoms with Gasteiger partial charge in [-0.25, -0.2) is 0 Å². The van der Waals surface area contributed by atoms with Crippen molar-refractivity contribution in [2.45, 2.75) is 32.8 Å². The van der Waals surface area contributed by atoms with Gasteiger partial charge in [-0.15, -0.1) is 0 Å². The van der Waals surface area contributed by atoms with Crippen molar-refractivity contribution in [3.05, 3.63) is 76.9 Å². The van der Waals surface area contributed by atoms with Gasteiger partial charge in [0.2, 0.25) is 0 Å². The third-order valence-corrected chi connectivity index (χ3v) is 7.77. The molecule has 178 valence electrons. The number of methoxy groups -OCH3 is 1. The number of carbonyl (C=O) groups excluding carboxylic acids is 1. The van der Waals surface area contributed by atoms with E-state index < -0.39 is 7.14 Å². The molecular weight excluding hydrogens is 447 g/mol. The Balaban J connectivity index is 1.49. The van der Waals surface area contributed by atoms with Crippen LogP contribution in [0.2, 0.25) is 0 Å². The maximum atomic E-state index is 12.5. The molecule has 3 aromatic rings. The first-order chi connectivity index (χ1) is 16.2. The number of esters is 1. The van der Waals surface area contributed by atoms with Crippen LogP contribution in [0.5, 0.6) is 11.5 Å². The summed E-state index contributed by atoms with van der Waals surface area (Å²) in [7, 11) is -0.910. The van der Waals surface area contributed by atoms with Crippen molar-refractivity contribution >= 4 is 18.4 Å². The topological polar surface area (TPSA) is 61.8 Å². The maximum absolute atomic E-state index is 12.5. The zero-order valence-corrected chi connectivity index (χ0v) is 21.3. The van der Waals surface area contributed by atoms with Crippen LogP contribution >= 0.6 is 7.14 Å².